The van der Waals surface area contributed by atoms with Gasteiger partial charge < -0.3 is 21.0 Å². The maximum Gasteiger partial charge on any atom is 0.238 e. The van der Waals surface area contributed by atoms with E-state index in [4.69, 9.17) is 15.7 Å². The number of nitrogens with zero attached hydrogens (tertiary/aromatic N) is 1. The average molecular weight is 283 g/mol. The number of halogens is 1. The second-order valence-electron chi connectivity index (χ2n) is 4.47. The molecule has 1 unspecified atom stereocenters. The van der Waals surface area contributed by atoms with Gasteiger partial charge in [-0.15, -0.1) is 0 Å². The van der Waals surface area contributed by atoms with E-state index >= 15 is 0 Å². The number of hydrogen-bond acceptors (Lipinski definition) is 4. The van der Waals surface area contributed by atoms with Gasteiger partial charge in [0.25, 0.3) is 0 Å². The molecule has 1 aromatic carbocycles. The molecule has 0 aliphatic carbocycles. The summed E-state index contributed by atoms with van der Waals surface area (Å²) in [7, 11) is 1.37. The number of nitrogens with one attached hydrogen (secondary N) is 1. The zero-order chi connectivity index (χ0) is 15.3. The van der Waals surface area contributed by atoms with Crippen LogP contribution in [0.5, 0.6) is 5.75 Å². The van der Waals surface area contributed by atoms with Crippen LogP contribution in [0.3, 0.4) is 0 Å². The summed E-state index contributed by atoms with van der Waals surface area (Å²) in [6, 6.07) is 3.74. The number of nitrogens with two attached hydrogens (primary N) is 1. The van der Waals surface area contributed by atoms with E-state index in [0.29, 0.717) is 12.1 Å². The van der Waals surface area contributed by atoms with Gasteiger partial charge in [0.15, 0.2) is 5.84 Å². The van der Waals surface area contributed by atoms with Crippen LogP contribution in [0.4, 0.5) is 10.1 Å². The number of amidine groups is 1. The Balaban J connectivity index is 3.06. The first-order chi connectivity index (χ1) is 9.38. The smallest absolute Gasteiger partial charge is 0.238 e. The minimum absolute atomic E-state index is 0.191. The number of amides is 1. The van der Waals surface area contributed by atoms with Crippen LogP contribution in [0.2, 0.25) is 0 Å². The summed E-state index contributed by atoms with van der Waals surface area (Å²) >= 11 is 0. The van der Waals surface area contributed by atoms with E-state index in [1.807, 2.05) is 0 Å². The first-order valence-corrected chi connectivity index (χ1v) is 6.02. The number of rotatable bonds is 5. The molecule has 0 aliphatic heterocycles. The zero-order valence-corrected chi connectivity index (χ0v) is 11.6. The van der Waals surface area contributed by atoms with Gasteiger partial charge in [0.05, 0.1) is 12.8 Å². The molecule has 1 atom stereocenters. The molecule has 0 fully saturated rings. The predicted octanol–water partition coefficient (Wildman–Crippen LogP) is 1.94. The highest BCUT2D eigenvalue weighted by Crippen LogP contribution is 2.29. The summed E-state index contributed by atoms with van der Waals surface area (Å²) in [6.07, 6.45) is 0.332. The van der Waals surface area contributed by atoms with Gasteiger partial charge in [0.1, 0.15) is 17.0 Å². The van der Waals surface area contributed by atoms with Crippen molar-refractivity contribution in [3.05, 3.63) is 24.0 Å². The number of ether oxygens (including phenoxy) is 1. The van der Waals surface area contributed by atoms with E-state index in [2.05, 4.69) is 10.5 Å². The first kappa shape index (κ1) is 15.7. The molecule has 0 saturated heterocycles. The quantitative estimate of drug-likeness (QED) is 0.333. The third-order valence-electron chi connectivity index (χ3n) is 3.29. The molecule has 0 saturated carbocycles. The number of anilines is 1. The van der Waals surface area contributed by atoms with Crippen LogP contribution >= 0.6 is 0 Å². The Hall–Kier alpha value is -2.31. The monoisotopic (exact) mass is 283 g/mol. The summed E-state index contributed by atoms with van der Waals surface area (Å²) in [5.74, 6) is -0.954. The van der Waals surface area contributed by atoms with Crippen molar-refractivity contribution in [3.63, 3.8) is 0 Å². The van der Waals surface area contributed by atoms with E-state index in [9.17, 15) is 9.18 Å². The number of oxime groups is 1. The van der Waals surface area contributed by atoms with Crippen molar-refractivity contribution >= 4 is 17.4 Å². The Morgan fingerprint density at radius 3 is 2.75 bits per heavy atom. The van der Waals surface area contributed by atoms with Crippen molar-refractivity contribution < 1.29 is 19.1 Å². The van der Waals surface area contributed by atoms with Gasteiger partial charge in [-0.05, 0) is 25.5 Å². The highest BCUT2D eigenvalue weighted by atomic mass is 19.1. The Labute approximate surface area is 116 Å². The standard InChI is InChI=1S/C13H18FN3O3/c1-4-13(2,11(15)17-19)12(18)16-9-6-5-8(14)7-10(9)20-3/h5-7,19H,4H2,1-3H3,(H2,15,17)(H,16,18). The third-order valence-corrected chi connectivity index (χ3v) is 3.29. The number of hydrogen-bond donors (Lipinski definition) is 3. The maximum atomic E-state index is 13.1. The molecule has 0 radical (unpaired) electrons. The molecule has 0 aromatic heterocycles. The van der Waals surface area contributed by atoms with E-state index in [0.717, 1.165) is 6.07 Å². The first-order valence-electron chi connectivity index (χ1n) is 6.02. The van der Waals surface area contributed by atoms with Crippen LogP contribution in [0.15, 0.2) is 23.4 Å². The SMILES string of the molecule is CCC(C)(C(=O)Nc1ccc(F)cc1OC)/C(N)=N/O. The summed E-state index contributed by atoms with van der Waals surface area (Å²) in [5.41, 5.74) is 4.70. The molecular weight excluding hydrogens is 265 g/mol. The lowest BCUT2D eigenvalue weighted by Gasteiger charge is -2.25. The van der Waals surface area contributed by atoms with Gasteiger partial charge >= 0.3 is 0 Å². The van der Waals surface area contributed by atoms with Crippen molar-refractivity contribution in [3.8, 4) is 5.75 Å². The lowest BCUT2D eigenvalue weighted by atomic mass is 9.85. The van der Waals surface area contributed by atoms with Crippen LogP contribution in [0.1, 0.15) is 20.3 Å². The maximum absolute atomic E-state index is 13.1. The Morgan fingerprint density at radius 1 is 1.60 bits per heavy atom. The molecule has 1 rings (SSSR count). The molecule has 4 N–H and O–H groups in total. The predicted molar refractivity (Wildman–Crippen MR) is 73.4 cm³/mol. The molecule has 6 nitrogen and oxygen atoms in total. The van der Waals surface area contributed by atoms with Crippen molar-refractivity contribution in [2.24, 2.45) is 16.3 Å². The fourth-order valence-electron chi connectivity index (χ4n) is 1.60. The minimum Gasteiger partial charge on any atom is -0.494 e. The van der Waals surface area contributed by atoms with Crippen LogP contribution < -0.4 is 15.8 Å². The van der Waals surface area contributed by atoms with Crippen molar-refractivity contribution in [1.29, 1.82) is 0 Å². The Bertz CT molecular complexity index is 534. The summed E-state index contributed by atoms with van der Waals surface area (Å²) < 4.78 is 18.1. The molecule has 0 bridgehead atoms. The van der Waals surface area contributed by atoms with Gasteiger partial charge in [-0.3, -0.25) is 4.79 Å². The molecule has 110 valence electrons. The topological polar surface area (TPSA) is 96.9 Å². The third kappa shape index (κ3) is 2.98. The summed E-state index contributed by atoms with van der Waals surface area (Å²) in [6.45, 7) is 3.28. The summed E-state index contributed by atoms with van der Waals surface area (Å²) in [5, 5.41) is 14.2. The van der Waals surface area contributed by atoms with Crippen molar-refractivity contribution in [1.82, 2.24) is 0 Å². The van der Waals surface area contributed by atoms with E-state index in [-0.39, 0.29) is 11.6 Å². The zero-order valence-electron chi connectivity index (χ0n) is 11.6. The van der Waals surface area contributed by atoms with Gasteiger partial charge in [0, 0.05) is 6.07 Å². The Kier molecular flexibility index (Phi) is 4.90. The van der Waals surface area contributed by atoms with Crippen molar-refractivity contribution in [2.45, 2.75) is 20.3 Å². The van der Waals surface area contributed by atoms with Crippen LogP contribution in [-0.4, -0.2) is 24.1 Å². The number of carbonyl (C=O) groups excluding carboxylic acids is 1. The molecule has 0 aliphatic rings. The van der Waals surface area contributed by atoms with E-state index < -0.39 is 17.1 Å². The lowest BCUT2D eigenvalue weighted by Crippen LogP contribution is -2.44. The molecule has 1 aromatic rings. The van der Waals surface area contributed by atoms with Crippen LogP contribution in [-0.2, 0) is 4.79 Å². The lowest BCUT2D eigenvalue weighted by molar-refractivity contribution is -0.121. The van der Waals surface area contributed by atoms with Gasteiger partial charge in [-0.2, -0.15) is 0 Å². The summed E-state index contributed by atoms with van der Waals surface area (Å²) in [4.78, 5) is 12.3. The molecule has 0 heterocycles. The fraction of sp³-hybridized carbons (Fsp3) is 0.385. The minimum atomic E-state index is -1.17. The fourth-order valence-corrected chi connectivity index (χ4v) is 1.60. The molecule has 7 heteroatoms. The van der Waals surface area contributed by atoms with Gasteiger partial charge in [0.2, 0.25) is 5.91 Å². The number of carbonyl (C=O) groups is 1. The van der Waals surface area contributed by atoms with Crippen molar-refractivity contribution in [2.75, 3.05) is 12.4 Å². The molecule has 1 amide bonds. The largest absolute Gasteiger partial charge is 0.494 e. The highest BCUT2D eigenvalue weighted by molar-refractivity contribution is 6.11. The number of methoxy groups -OCH3 is 1. The van der Waals surface area contributed by atoms with Crippen LogP contribution in [0, 0.1) is 11.2 Å². The highest BCUT2D eigenvalue weighted by Gasteiger charge is 2.36. The van der Waals surface area contributed by atoms with Gasteiger partial charge in [-0.1, -0.05) is 12.1 Å². The average Bonchev–Trinajstić information content (AvgIpc) is 2.46. The molecule has 0 spiro atoms. The van der Waals surface area contributed by atoms with Crippen LogP contribution in [0.25, 0.3) is 0 Å². The molecular formula is C13H18FN3O3. The van der Waals surface area contributed by atoms with E-state index in [1.165, 1.54) is 19.2 Å². The van der Waals surface area contributed by atoms with Gasteiger partial charge in [-0.25, -0.2) is 4.39 Å². The molecule has 20 heavy (non-hydrogen) atoms. The second-order valence-corrected chi connectivity index (χ2v) is 4.47. The second kappa shape index (κ2) is 6.23. The van der Waals surface area contributed by atoms with E-state index in [1.54, 1.807) is 13.8 Å². The Morgan fingerprint density at radius 2 is 2.25 bits per heavy atom. The number of benzene rings is 1. The normalized spacial score (nSPS) is 14.5.